The van der Waals surface area contributed by atoms with Crippen LogP contribution in [0.1, 0.15) is 11.8 Å². The van der Waals surface area contributed by atoms with Crippen molar-refractivity contribution in [3.63, 3.8) is 0 Å². The lowest BCUT2D eigenvalue weighted by Crippen LogP contribution is -2.42. The Labute approximate surface area is 138 Å². The third kappa shape index (κ3) is 4.07. The topological polar surface area (TPSA) is 77.2 Å². The fourth-order valence-corrected chi connectivity index (χ4v) is 3.63. The molecule has 0 atom stereocenters. The van der Waals surface area contributed by atoms with Crippen molar-refractivity contribution in [3.8, 4) is 11.3 Å². The van der Waals surface area contributed by atoms with Crippen LogP contribution in [0, 0.1) is 0 Å². The number of thiazole rings is 1. The van der Waals surface area contributed by atoms with E-state index in [4.69, 9.17) is 0 Å². The molecule has 3 rings (SSSR count). The molecule has 1 aromatic carbocycles. The van der Waals surface area contributed by atoms with E-state index in [1.165, 1.54) is 18.3 Å². The average Bonchev–Trinajstić information content (AvgIpc) is 2.88. The molecule has 0 saturated carbocycles. The number of aromatic nitrogens is 1. The Kier molecular flexibility index (Phi) is 4.90. The maximum Gasteiger partial charge on any atom is 0.305 e. The maximum absolute atomic E-state index is 11.9. The monoisotopic (exact) mass is 332 g/mol. The van der Waals surface area contributed by atoms with Gasteiger partial charge in [0.15, 0.2) is 0 Å². The molecule has 0 spiro atoms. The summed E-state index contributed by atoms with van der Waals surface area (Å²) < 4.78 is 0. The van der Waals surface area contributed by atoms with E-state index in [2.05, 4.69) is 20.5 Å². The zero-order valence-corrected chi connectivity index (χ0v) is 13.8. The normalized spacial score (nSPS) is 15.5. The van der Waals surface area contributed by atoms with E-state index in [9.17, 15) is 9.59 Å². The summed E-state index contributed by atoms with van der Waals surface area (Å²) in [6.07, 6.45) is 0. The molecule has 122 valence electrons. The molecule has 23 heavy (non-hydrogen) atoms. The quantitative estimate of drug-likeness (QED) is 0.792. The van der Waals surface area contributed by atoms with E-state index < -0.39 is 0 Å². The minimum atomic E-state index is -0.109. The van der Waals surface area contributed by atoms with Crippen LogP contribution in [0.3, 0.4) is 0 Å². The first-order chi connectivity index (χ1) is 11.1. The van der Waals surface area contributed by atoms with E-state index in [0.29, 0.717) is 0 Å². The molecule has 0 radical (unpaired) electrons. The zero-order chi connectivity index (χ0) is 16.2. The van der Waals surface area contributed by atoms with Crippen LogP contribution in [0.15, 0.2) is 29.1 Å². The molecule has 1 fully saturated rings. The maximum atomic E-state index is 11.9. The number of hydrogen-bond acceptors (Lipinski definition) is 5. The minimum Gasteiger partial charge on any atom is -0.326 e. The summed E-state index contributed by atoms with van der Waals surface area (Å²) in [5.74, 6) is -0.109. The van der Waals surface area contributed by atoms with Gasteiger partial charge in [-0.05, 0) is 12.1 Å². The number of aromatic amines is 1. The van der Waals surface area contributed by atoms with Crippen molar-refractivity contribution < 1.29 is 4.79 Å². The summed E-state index contributed by atoms with van der Waals surface area (Å²) >= 11 is 1.26. The second-order valence-corrected chi connectivity index (χ2v) is 6.67. The molecular weight excluding hydrogens is 312 g/mol. The molecule has 1 aliphatic rings. The second-order valence-electron chi connectivity index (χ2n) is 5.60. The van der Waals surface area contributed by atoms with E-state index in [1.54, 1.807) is 0 Å². The minimum absolute atomic E-state index is 0.0462. The van der Waals surface area contributed by atoms with Crippen LogP contribution in [0.2, 0.25) is 0 Å². The number of hydrogen-bond donors (Lipinski definition) is 3. The molecule has 1 saturated heterocycles. The zero-order valence-electron chi connectivity index (χ0n) is 13.0. The van der Waals surface area contributed by atoms with E-state index >= 15 is 0 Å². The molecule has 0 bridgehead atoms. The molecule has 1 aromatic heterocycles. The standard InChI is InChI=1S/C16H20N4O2S/c1-11(21)18-13-4-2-3-12(9-13)15-14(23-16(22)19-15)10-20-7-5-17-6-8-20/h2-4,9,17H,5-8,10H2,1H3,(H,18,21)(H,19,22). The Morgan fingerprint density at radius 3 is 2.87 bits per heavy atom. The molecule has 3 N–H and O–H groups in total. The molecule has 6 nitrogen and oxygen atoms in total. The van der Waals surface area contributed by atoms with Crippen molar-refractivity contribution in [3.05, 3.63) is 38.8 Å². The first-order valence-electron chi connectivity index (χ1n) is 7.65. The molecule has 1 aliphatic heterocycles. The molecule has 2 heterocycles. The second kappa shape index (κ2) is 7.08. The van der Waals surface area contributed by atoms with Crippen LogP contribution < -0.4 is 15.5 Å². The smallest absolute Gasteiger partial charge is 0.305 e. The Hall–Kier alpha value is -1.96. The lowest BCUT2D eigenvalue weighted by atomic mass is 10.1. The van der Waals surface area contributed by atoms with Gasteiger partial charge in [-0.25, -0.2) is 0 Å². The van der Waals surface area contributed by atoms with Crippen LogP contribution in [0.25, 0.3) is 11.3 Å². The summed E-state index contributed by atoms with van der Waals surface area (Å²) in [5, 5.41) is 6.11. The number of carbonyl (C=O) groups is 1. The van der Waals surface area contributed by atoms with Gasteiger partial charge in [0.2, 0.25) is 5.91 Å². The predicted octanol–water partition coefficient (Wildman–Crippen LogP) is 1.47. The molecule has 2 aromatic rings. The van der Waals surface area contributed by atoms with Gasteiger partial charge in [-0.1, -0.05) is 23.5 Å². The van der Waals surface area contributed by atoms with Crippen LogP contribution in [0.4, 0.5) is 5.69 Å². The summed E-state index contributed by atoms with van der Waals surface area (Å²) in [6, 6.07) is 7.56. The van der Waals surface area contributed by atoms with Gasteiger partial charge < -0.3 is 15.6 Å². The largest absolute Gasteiger partial charge is 0.326 e. The van der Waals surface area contributed by atoms with Crippen molar-refractivity contribution in [1.29, 1.82) is 0 Å². The lowest BCUT2D eigenvalue weighted by molar-refractivity contribution is -0.114. The summed E-state index contributed by atoms with van der Waals surface area (Å²) in [4.78, 5) is 29.3. The Morgan fingerprint density at radius 1 is 1.35 bits per heavy atom. The Bertz CT molecular complexity index is 747. The number of nitrogens with zero attached hydrogens (tertiary/aromatic N) is 1. The molecule has 1 amide bonds. The lowest BCUT2D eigenvalue weighted by Gasteiger charge is -2.26. The molecular formula is C16H20N4O2S. The SMILES string of the molecule is CC(=O)Nc1cccc(-c2[nH]c(=O)sc2CN2CCNCC2)c1. The van der Waals surface area contributed by atoms with Gasteiger partial charge in [-0.15, -0.1) is 0 Å². The number of carbonyl (C=O) groups excluding carboxylic acids is 1. The number of H-pyrrole nitrogens is 1. The van der Waals surface area contributed by atoms with E-state index in [-0.39, 0.29) is 10.8 Å². The van der Waals surface area contributed by atoms with Crippen LogP contribution >= 0.6 is 11.3 Å². The van der Waals surface area contributed by atoms with Crippen molar-refractivity contribution in [2.24, 2.45) is 0 Å². The number of benzene rings is 1. The fourth-order valence-electron chi connectivity index (χ4n) is 2.73. The highest BCUT2D eigenvalue weighted by Gasteiger charge is 2.16. The summed E-state index contributed by atoms with van der Waals surface area (Å²) in [6.45, 7) is 6.17. The molecule has 0 aliphatic carbocycles. The first kappa shape index (κ1) is 15.9. The van der Waals surface area contributed by atoms with Crippen molar-refractivity contribution in [2.75, 3.05) is 31.5 Å². The van der Waals surface area contributed by atoms with E-state index in [1.807, 2.05) is 24.3 Å². The van der Waals surface area contributed by atoms with Gasteiger partial charge in [0.25, 0.3) is 0 Å². The van der Waals surface area contributed by atoms with Crippen LogP contribution in [-0.2, 0) is 11.3 Å². The highest BCUT2D eigenvalue weighted by molar-refractivity contribution is 7.09. The predicted molar refractivity (Wildman–Crippen MR) is 92.8 cm³/mol. The first-order valence-corrected chi connectivity index (χ1v) is 8.46. The summed E-state index contributed by atoms with van der Waals surface area (Å²) in [5.41, 5.74) is 2.50. The number of rotatable bonds is 4. The van der Waals surface area contributed by atoms with Gasteiger partial charge in [0.05, 0.1) is 5.69 Å². The van der Waals surface area contributed by atoms with Crippen LogP contribution in [0.5, 0.6) is 0 Å². The number of nitrogens with one attached hydrogen (secondary N) is 3. The number of piperazine rings is 1. The average molecular weight is 332 g/mol. The van der Waals surface area contributed by atoms with Gasteiger partial charge in [-0.2, -0.15) is 0 Å². The molecule has 7 heteroatoms. The van der Waals surface area contributed by atoms with Gasteiger partial charge in [0.1, 0.15) is 0 Å². The molecule has 0 unspecified atom stereocenters. The van der Waals surface area contributed by atoms with Crippen molar-refractivity contribution >= 4 is 22.9 Å². The highest BCUT2D eigenvalue weighted by atomic mass is 32.1. The summed E-state index contributed by atoms with van der Waals surface area (Å²) in [7, 11) is 0. The van der Waals surface area contributed by atoms with Crippen molar-refractivity contribution in [1.82, 2.24) is 15.2 Å². The van der Waals surface area contributed by atoms with Gasteiger partial charge >= 0.3 is 4.87 Å². The third-order valence-electron chi connectivity index (χ3n) is 3.77. The van der Waals surface area contributed by atoms with Crippen LogP contribution in [-0.4, -0.2) is 42.0 Å². The Morgan fingerprint density at radius 2 is 2.13 bits per heavy atom. The number of anilines is 1. The Balaban J connectivity index is 1.87. The third-order valence-corrected chi connectivity index (χ3v) is 4.64. The van der Waals surface area contributed by atoms with E-state index in [0.717, 1.165) is 54.5 Å². The van der Waals surface area contributed by atoms with Crippen molar-refractivity contribution in [2.45, 2.75) is 13.5 Å². The van der Waals surface area contributed by atoms with Gasteiger partial charge in [0, 0.05) is 55.8 Å². The van der Waals surface area contributed by atoms with Gasteiger partial charge in [-0.3, -0.25) is 14.5 Å². The fraction of sp³-hybridized carbons (Fsp3) is 0.375. The highest BCUT2D eigenvalue weighted by Crippen LogP contribution is 2.26. The number of amides is 1.